The summed E-state index contributed by atoms with van der Waals surface area (Å²) in [7, 11) is 0. The minimum atomic E-state index is -0.598. The summed E-state index contributed by atoms with van der Waals surface area (Å²) in [6.07, 6.45) is 1.73. The molecule has 1 aliphatic heterocycles. The third-order valence-electron chi connectivity index (χ3n) is 4.90. The van der Waals surface area contributed by atoms with Gasteiger partial charge in [-0.1, -0.05) is 44.2 Å². The molecule has 1 fully saturated rings. The van der Waals surface area contributed by atoms with E-state index in [1.165, 1.54) is 5.56 Å². The van der Waals surface area contributed by atoms with Crippen molar-refractivity contribution < 1.29 is 14.3 Å². The number of amides is 2. The van der Waals surface area contributed by atoms with Crippen molar-refractivity contribution in [1.29, 1.82) is 0 Å². The summed E-state index contributed by atoms with van der Waals surface area (Å²) in [4.78, 5) is 24.0. The van der Waals surface area contributed by atoms with Gasteiger partial charge in [-0.05, 0) is 24.3 Å². The molecule has 1 aromatic rings. The average molecular weight is 384 g/mol. The molecule has 0 saturated carbocycles. The highest BCUT2D eigenvalue weighted by Gasteiger charge is 2.34. The minimum Gasteiger partial charge on any atom is -0.381 e. The van der Waals surface area contributed by atoms with Gasteiger partial charge in [0.05, 0.1) is 12.6 Å². The lowest BCUT2D eigenvalue weighted by molar-refractivity contribution is -0.127. The van der Waals surface area contributed by atoms with E-state index in [1.807, 2.05) is 32.0 Å². The standard InChI is InChI=1S/C19H29N3O3.ClH/c1-14(2)17(20)18(24)21-12-16(23)22-13-19(8-10-25-11-9-19)15-6-4-3-5-7-15;/h3-7,14,17H,8-13,20H2,1-2H3,(H,21,24)(H,22,23);1H/t17-;/m0./s1. The van der Waals surface area contributed by atoms with Crippen LogP contribution in [-0.2, 0) is 19.7 Å². The van der Waals surface area contributed by atoms with Crippen LogP contribution in [0.1, 0.15) is 32.3 Å². The van der Waals surface area contributed by atoms with Gasteiger partial charge < -0.3 is 21.1 Å². The van der Waals surface area contributed by atoms with Gasteiger partial charge in [-0.3, -0.25) is 9.59 Å². The monoisotopic (exact) mass is 383 g/mol. The minimum absolute atomic E-state index is 0. The number of hydrogen-bond donors (Lipinski definition) is 3. The summed E-state index contributed by atoms with van der Waals surface area (Å²) in [5.41, 5.74) is 6.87. The summed E-state index contributed by atoms with van der Waals surface area (Å²) < 4.78 is 5.50. The van der Waals surface area contributed by atoms with Crippen molar-refractivity contribution in [1.82, 2.24) is 10.6 Å². The fourth-order valence-electron chi connectivity index (χ4n) is 3.04. The van der Waals surface area contributed by atoms with Crippen molar-refractivity contribution in [2.24, 2.45) is 11.7 Å². The normalized spacial score (nSPS) is 17.1. The van der Waals surface area contributed by atoms with E-state index in [9.17, 15) is 9.59 Å². The predicted octanol–water partition coefficient (Wildman–Crippen LogP) is 1.37. The molecule has 146 valence electrons. The molecule has 0 aliphatic carbocycles. The highest BCUT2D eigenvalue weighted by atomic mass is 35.5. The number of rotatable bonds is 7. The Kier molecular flexibility index (Phi) is 9.05. The van der Waals surface area contributed by atoms with Crippen molar-refractivity contribution in [2.75, 3.05) is 26.3 Å². The van der Waals surface area contributed by atoms with Gasteiger partial charge in [0.25, 0.3) is 0 Å². The first-order valence-electron chi connectivity index (χ1n) is 8.88. The van der Waals surface area contributed by atoms with Crippen molar-refractivity contribution in [3.63, 3.8) is 0 Å². The van der Waals surface area contributed by atoms with Crippen LogP contribution in [0, 0.1) is 5.92 Å². The van der Waals surface area contributed by atoms with Crippen LogP contribution in [-0.4, -0.2) is 44.2 Å². The average Bonchev–Trinajstić information content (AvgIpc) is 2.65. The molecule has 2 rings (SSSR count). The van der Waals surface area contributed by atoms with Crippen LogP contribution < -0.4 is 16.4 Å². The van der Waals surface area contributed by atoms with E-state index in [1.54, 1.807) is 0 Å². The number of nitrogens with one attached hydrogen (secondary N) is 2. The van der Waals surface area contributed by atoms with Crippen LogP contribution in [0.15, 0.2) is 30.3 Å². The zero-order valence-corrected chi connectivity index (χ0v) is 16.3. The van der Waals surface area contributed by atoms with Gasteiger partial charge in [-0.15, -0.1) is 12.4 Å². The van der Waals surface area contributed by atoms with E-state index < -0.39 is 6.04 Å². The zero-order chi connectivity index (χ0) is 18.3. The fourth-order valence-corrected chi connectivity index (χ4v) is 3.04. The van der Waals surface area contributed by atoms with E-state index in [4.69, 9.17) is 10.5 Å². The Balaban J connectivity index is 0.00000338. The number of ether oxygens (including phenoxy) is 1. The van der Waals surface area contributed by atoms with Gasteiger partial charge >= 0.3 is 0 Å². The molecule has 1 aromatic carbocycles. The Labute approximate surface area is 161 Å². The molecule has 0 radical (unpaired) electrons. The maximum absolute atomic E-state index is 12.2. The molecule has 0 aromatic heterocycles. The fraction of sp³-hybridized carbons (Fsp3) is 0.579. The molecule has 4 N–H and O–H groups in total. The van der Waals surface area contributed by atoms with Crippen molar-refractivity contribution in [3.05, 3.63) is 35.9 Å². The molecule has 2 amide bonds. The molecular formula is C19H30ClN3O3. The lowest BCUT2D eigenvalue weighted by atomic mass is 9.74. The van der Waals surface area contributed by atoms with Crippen molar-refractivity contribution >= 4 is 24.2 Å². The van der Waals surface area contributed by atoms with Crippen LogP contribution in [0.4, 0.5) is 0 Å². The van der Waals surface area contributed by atoms with Gasteiger partial charge in [0.15, 0.2) is 0 Å². The maximum atomic E-state index is 12.2. The molecule has 6 nitrogen and oxygen atoms in total. The Morgan fingerprint density at radius 2 is 1.77 bits per heavy atom. The number of benzene rings is 1. The summed E-state index contributed by atoms with van der Waals surface area (Å²) >= 11 is 0. The first kappa shape index (κ1) is 22.4. The third-order valence-corrected chi connectivity index (χ3v) is 4.90. The molecule has 1 heterocycles. The second-order valence-corrected chi connectivity index (χ2v) is 7.02. The molecule has 1 atom stereocenters. The van der Waals surface area contributed by atoms with Gasteiger partial charge in [-0.25, -0.2) is 0 Å². The quantitative estimate of drug-likeness (QED) is 0.663. The van der Waals surface area contributed by atoms with Crippen LogP contribution in [0.2, 0.25) is 0 Å². The molecule has 0 bridgehead atoms. The van der Waals surface area contributed by atoms with E-state index in [0.717, 1.165) is 12.8 Å². The number of halogens is 1. The number of carbonyl (C=O) groups is 2. The molecule has 1 aliphatic rings. The van der Waals surface area contributed by atoms with E-state index in [0.29, 0.717) is 19.8 Å². The van der Waals surface area contributed by atoms with Crippen molar-refractivity contribution in [2.45, 2.75) is 38.1 Å². The molecular weight excluding hydrogens is 354 g/mol. The lowest BCUT2D eigenvalue weighted by Crippen LogP contribution is -2.49. The summed E-state index contributed by atoms with van der Waals surface area (Å²) in [6, 6.07) is 9.62. The second kappa shape index (κ2) is 10.5. The highest BCUT2D eigenvalue weighted by Crippen LogP contribution is 2.34. The number of carbonyl (C=O) groups excluding carboxylic acids is 2. The van der Waals surface area contributed by atoms with Crippen LogP contribution in [0.25, 0.3) is 0 Å². The smallest absolute Gasteiger partial charge is 0.239 e. The van der Waals surface area contributed by atoms with E-state index in [-0.39, 0.29) is 42.1 Å². The Morgan fingerprint density at radius 3 is 2.35 bits per heavy atom. The van der Waals surface area contributed by atoms with Crippen molar-refractivity contribution in [3.8, 4) is 0 Å². The van der Waals surface area contributed by atoms with Gasteiger partial charge in [0.2, 0.25) is 11.8 Å². The largest absolute Gasteiger partial charge is 0.381 e. The zero-order valence-electron chi connectivity index (χ0n) is 15.5. The predicted molar refractivity (Wildman–Crippen MR) is 104 cm³/mol. The Hall–Kier alpha value is -1.63. The van der Waals surface area contributed by atoms with Crippen LogP contribution in [0.5, 0.6) is 0 Å². The molecule has 0 spiro atoms. The first-order valence-corrected chi connectivity index (χ1v) is 8.88. The Morgan fingerprint density at radius 1 is 1.15 bits per heavy atom. The third kappa shape index (κ3) is 5.97. The molecule has 0 unspecified atom stereocenters. The number of hydrogen-bond acceptors (Lipinski definition) is 4. The molecule has 1 saturated heterocycles. The molecule has 7 heteroatoms. The van der Waals surface area contributed by atoms with E-state index >= 15 is 0 Å². The highest BCUT2D eigenvalue weighted by molar-refractivity contribution is 5.87. The van der Waals surface area contributed by atoms with Crippen LogP contribution in [0.3, 0.4) is 0 Å². The van der Waals surface area contributed by atoms with Crippen LogP contribution >= 0.6 is 12.4 Å². The summed E-state index contributed by atoms with van der Waals surface area (Å²) in [5.74, 6) is -0.466. The summed E-state index contributed by atoms with van der Waals surface area (Å²) in [6.45, 7) is 5.60. The maximum Gasteiger partial charge on any atom is 0.239 e. The van der Waals surface area contributed by atoms with Gasteiger partial charge in [0, 0.05) is 25.2 Å². The topological polar surface area (TPSA) is 93.5 Å². The lowest BCUT2D eigenvalue weighted by Gasteiger charge is -2.38. The van der Waals surface area contributed by atoms with Gasteiger partial charge in [-0.2, -0.15) is 0 Å². The second-order valence-electron chi connectivity index (χ2n) is 7.02. The molecule has 26 heavy (non-hydrogen) atoms. The summed E-state index contributed by atoms with van der Waals surface area (Å²) in [5, 5.41) is 5.57. The van der Waals surface area contributed by atoms with Gasteiger partial charge in [0.1, 0.15) is 0 Å². The first-order chi connectivity index (χ1) is 11.9. The Bertz CT molecular complexity index is 575. The van der Waals surface area contributed by atoms with E-state index in [2.05, 4.69) is 22.8 Å². The SMILES string of the molecule is CC(C)[C@H](N)C(=O)NCC(=O)NCC1(c2ccccc2)CCOCC1.Cl. The number of nitrogens with two attached hydrogens (primary N) is 1.